The van der Waals surface area contributed by atoms with Crippen molar-refractivity contribution in [2.24, 2.45) is 11.8 Å². The quantitative estimate of drug-likeness (QED) is 0.236. The minimum Gasteiger partial charge on any atom is -0.381 e. The van der Waals surface area contributed by atoms with E-state index < -0.39 is 0 Å². The minimum atomic E-state index is 0.323. The fourth-order valence-corrected chi connectivity index (χ4v) is 7.96. The van der Waals surface area contributed by atoms with E-state index in [1.54, 1.807) is 0 Å². The van der Waals surface area contributed by atoms with Gasteiger partial charge < -0.3 is 19.1 Å². The molecule has 9 nitrogen and oxygen atoms in total. The SMILES string of the molecule is CC.CC.CC(C)(C)N1CCC1.CC(C)(C)N1CCCC1.CC(C)(C)N1CCCCC1.CC(C)(C)N1CCOCC1.CN1CCN(C(C)(C)C)CC1.C[C@@H]1CCOC1.C[C@H]1CCOC1. The Labute approximate surface area is 403 Å². The topological polar surface area (TPSA) is 47.1 Å². The maximum Gasteiger partial charge on any atom is 0.0594 e. The molecule has 0 aromatic rings. The Morgan fingerprint density at radius 2 is 0.578 bits per heavy atom. The van der Waals surface area contributed by atoms with E-state index >= 15 is 0 Å². The second-order valence-corrected chi connectivity index (χ2v) is 23.8. The number of rotatable bonds is 0. The average Bonchev–Trinajstić information content (AvgIpc) is 4.02. The van der Waals surface area contributed by atoms with Crippen molar-refractivity contribution in [1.82, 2.24) is 29.4 Å². The maximum atomic E-state index is 5.25. The van der Waals surface area contributed by atoms with Crippen LogP contribution < -0.4 is 0 Å². The van der Waals surface area contributed by atoms with Crippen LogP contribution in [0.2, 0.25) is 0 Å². The summed E-state index contributed by atoms with van der Waals surface area (Å²) < 4.78 is 15.4. The highest BCUT2D eigenvalue weighted by Crippen LogP contribution is 2.21. The predicted molar refractivity (Wildman–Crippen MR) is 285 cm³/mol. The third kappa shape index (κ3) is 33.2. The van der Waals surface area contributed by atoms with Crippen LogP contribution in [0.1, 0.15) is 197 Å². The van der Waals surface area contributed by atoms with E-state index in [1.807, 2.05) is 27.7 Å². The molecular formula is C55H120N6O3. The molecule has 388 valence electrons. The molecule has 0 aliphatic carbocycles. The van der Waals surface area contributed by atoms with Gasteiger partial charge in [-0.25, -0.2) is 0 Å². The summed E-state index contributed by atoms with van der Waals surface area (Å²) in [6, 6.07) is 0. The van der Waals surface area contributed by atoms with Gasteiger partial charge in [0.15, 0.2) is 0 Å². The van der Waals surface area contributed by atoms with Crippen LogP contribution in [-0.4, -0.2) is 182 Å². The lowest BCUT2D eigenvalue weighted by Crippen LogP contribution is -2.52. The van der Waals surface area contributed by atoms with Gasteiger partial charge in [0, 0.05) is 93.4 Å². The van der Waals surface area contributed by atoms with Gasteiger partial charge in [0.2, 0.25) is 0 Å². The summed E-state index contributed by atoms with van der Waals surface area (Å²) in [5, 5.41) is 0. The van der Waals surface area contributed by atoms with Crippen LogP contribution in [-0.2, 0) is 14.2 Å². The van der Waals surface area contributed by atoms with Crippen LogP contribution in [0.3, 0.4) is 0 Å². The summed E-state index contributed by atoms with van der Waals surface area (Å²) >= 11 is 0. The van der Waals surface area contributed by atoms with E-state index in [0.29, 0.717) is 27.7 Å². The molecule has 0 saturated carbocycles. The smallest absolute Gasteiger partial charge is 0.0594 e. The highest BCUT2D eigenvalue weighted by atomic mass is 16.5. The summed E-state index contributed by atoms with van der Waals surface area (Å²) in [7, 11) is 2.19. The number of hydrogen-bond donors (Lipinski definition) is 0. The molecule has 2 atom stereocenters. The van der Waals surface area contributed by atoms with E-state index in [4.69, 9.17) is 14.2 Å². The molecular weight excluding hydrogens is 793 g/mol. The Morgan fingerprint density at radius 1 is 0.312 bits per heavy atom. The number of morpholine rings is 1. The summed E-state index contributed by atoms with van der Waals surface area (Å²) in [5.41, 5.74) is 1.93. The second kappa shape index (κ2) is 34.8. The van der Waals surface area contributed by atoms with Crippen molar-refractivity contribution in [3.63, 3.8) is 0 Å². The minimum absolute atomic E-state index is 0.323. The highest BCUT2D eigenvalue weighted by molar-refractivity contribution is 4.83. The number of nitrogens with zero attached hydrogens (tertiary/aromatic N) is 6. The van der Waals surface area contributed by atoms with Gasteiger partial charge in [-0.3, -0.25) is 24.5 Å². The lowest BCUT2D eigenvalue weighted by molar-refractivity contribution is -0.00389. The molecule has 0 radical (unpaired) electrons. The fraction of sp³-hybridized carbons (Fsp3) is 1.00. The van der Waals surface area contributed by atoms with Crippen LogP contribution in [0.5, 0.6) is 0 Å². The molecule has 0 unspecified atom stereocenters. The zero-order chi connectivity index (χ0) is 49.6. The summed E-state index contributed by atoms with van der Waals surface area (Å²) in [6.45, 7) is 67.3. The van der Waals surface area contributed by atoms with E-state index in [1.165, 1.54) is 117 Å². The molecule has 7 saturated heterocycles. The van der Waals surface area contributed by atoms with E-state index in [2.05, 4.69) is 154 Å². The second-order valence-electron chi connectivity index (χ2n) is 23.8. The Morgan fingerprint density at radius 3 is 0.766 bits per heavy atom. The molecule has 7 heterocycles. The lowest BCUT2D eigenvalue weighted by Gasteiger charge is -2.42. The molecule has 7 aliphatic rings. The van der Waals surface area contributed by atoms with Crippen molar-refractivity contribution in [3.05, 3.63) is 0 Å². The summed E-state index contributed by atoms with van der Waals surface area (Å²) in [4.78, 5) is 15.0. The van der Waals surface area contributed by atoms with Crippen LogP contribution >= 0.6 is 0 Å². The number of piperidine rings is 1. The van der Waals surface area contributed by atoms with Crippen molar-refractivity contribution in [2.75, 3.05) is 125 Å². The van der Waals surface area contributed by atoms with E-state index in [0.717, 1.165) is 64.6 Å². The number of hydrogen-bond acceptors (Lipinski definition) is 9. The first-order valence-corrected chi connectivity index (χ1v) is 26.9. The van der Waals surface area contributed by atoms with Crippen molar-refractivity contribution in [2.45, 2.75) is 224 Å². The zero-order valence-electron chi connectivity index (χ0n) is 47.9. The first kappa shape index (κ1) is 65.7. The molecule has 64 heavy (non-hydrogen) atoms. The van der Waals surface area contributed by atoms with Gasteiger partial charge in [-0.15, -0.1) is 0 Å². The summed E-state index contributed by atoms with van der Waals surface area (Å²) in [6.07, 6.45) is 11.0. The lowest BCUT2D eigenvalue weighted by atomic mass is 10.0. The van der Waals surface area contributed by atoms with Gasteiger partial charge in [0.1, 0.15) is 0 Å². The van der Waals surface area contributed by atoms with Crippen LogP contribution in [0, 0.1) is 11.8 Å². The fourth-order valence-electron chi connectivity index (χ4n) is 7.96. The van der Waals surface area contributed by atoms with E-state index in [9.17, 15) is 0 Å². The van der Waals surface area contributed by atoms with Crippen molar-refractivity contribution in [3.8, 4) is 0 Å². The molecule has 7 aliphatic heterocycles. The van der Waals surface area contributed by atoms with Gasteiger partial charge in [0.05, 0.1) is 13.2 Å². The van der Waals surface area contributed by atoms with Crippen LogP contribution in [0.4, 0.5) is 0 Å². The van der Waals surface area contributed by atoms with Crippen LogP contribution in [0.15, 0.2) is 0 Å². The average molecular weight is 914 g/mol. The Bertz CT molecular complexity index is 972. The standard InChI is InChI=1S/C9H20N2.C9H19N.C8H17NO.C8H17N.C7H15N.2C5H10O.2C2H6/c1-9(2,3)11-7-5-10(4)6-8-11;1-9(2,3)10-7-5-4-6-8-10;1-8(2,3)9-4-6-10-7-5-9;1-8(2,3)9-6-4-5-7-9;1-7(2,3)8-5-4-6-8;2*1-5-2-3-6-4-5;2*1-2/h5-8H2,1-4H3;4-8H2,1-3H3;4-7H2,1-3H3;4-7H2,1-3H3;4-6H2,1-3H3;2*5H,2-4H2,1H3;2*1-2H3/t;;;;;2*5-;;/m.....10../s1. The van der Waals surface area contributed by atoms with Gasteiger partial charge in [-0.2, -0.15) is 0 Å². The monoisotopic (exact) mass is 913 g/mol. The third-order valence-corrected chi connectivity index (χ3v) is 12.9. The van der Waals surface area contributed by atoms with E-state index in [-0.39, 0.29) is 0 Å². The Kier molecular flexibility index (Phi) is 35.8. The zero-order valence-corrected chi connectivity index (χ0v) is 47.9. The van der Waals surface area contributed by atoms with Crippen LogP contribution in [0.25, 0.3) is 0 Å². The molecule has 0 aromatic carbocycles. The normalized spacial score (nSPS) is 24.1. The van der Waals surface area contributed by atoms with Gasteiger partial charge in [-0.05, 0) is 207 Å². The molecule has 0 spiro atoms. The first-order chi connectivity index (χ1) is 29.7. The largest absolute Gasteiger partial charge is 0.381 e. The van der Waals surface area contributed by atoms with Crippen molar-refractivity contribution in [1.29, 1.82) is 0 Å². The molecule has 7 fully saturated rings. The molecule has 9 heteroatoms. The molecule has 7 rings (SSSR count). The Hall–Kier alpha value is -0.360. The number of piperazine rings is 1. The molecule has 0 amide bonds. The van der Waals surface area contributed by atoms with Gasteiger partial charge in [0.25, 0.3) is 0 Å². The number of likely N-dealkylation sites (N-methyl/N-ethyl adjacent to an activating group) is 1. The van der Waals surface area contributed by atoms with Gasteiger partial charge >= 0.3 is 0 Å². The van der Waals surface area contributed by atoms with Crippen molar-refractivity contribution < 1.29 is 14.2 Å². The number of likely N-dealkylation sites (tertiary alicyclic amines) is 3. The first-order valence-electron chi connectivity index (χ1n) is 26.9. The Balaban J connectivity index is 0. The maximum absolute atomic E-state index is 5.25. The summed E-state index contributed by atoms with van der Waals surface area (Å²) in [5.74, 6) is 1.65. The molecule has 0 N–H and O–H groups in total. The molecule has 0 aromatic heterocycles. The molecule has 0 bridgehead atoms. The predicted octanol–water partition coefficient (Wildman–Crippen LogP) is 11.9. The number of ether oxygens (including phenoxy) is 3. The third-order valence-electron chi connectivity index (χ3n) is 12.9. The highest BCUT2D eigenvalue weighted by Gasteiger charge is 2.27. The van der Waals surface area contributed by atoms with Gasteiger partial charge in [-0.1, -0.05) is 48.0 Å². The van der Waals surface area contributed by atoms with Crippen molar-refractivity contribution >= 4 is 0 Å².